The second-order valence-corrected chi connectivity index (χ2v) is 28.7. The fraction of sp³-hybridized carbons (Fsp3) is 0. The van der Waals surface area contributed by atoms with Gasteiger partial charge in [0, 0.05) is 0 Å². The zero-order chi connectivity index (χ0) is 51.4. The number of benzene rings is 14. The Kier molecular flexibility index (Phi) is 10.1. The van der Waals surface area contributed by atoms with Crippen molar-refractivity contribution in [3.05, 3.63) is 303 Å². The van der Waals surface area contributed by atoms with Gasteiger partial charge in [-0.3, -0.25) is 0 Å². The molecule has 78 heavy (non-hydrogen) atoms. The standard InChI is InChI=1S/C76H50Si2/c1-5-26-52(27-6-1)77(53-28-7-2-8-29-53)70-45-19-17-37-65(70)75-61(43-23-47-72(75)77)59-39-21-41-63-67(59)50-68-60(40-22-42-64(68)74(63)69-49-51-25-13-14-34-56(51)57-35-15-16-36-58(57)69)62-44-24-48-73-76(62)66-38-18-20-46-71(66)78(73,54-30-9-3-10-31-54)55-32-11-4-12-33-55/h1-50H. The maximum Gasteiger partial charge on any atom is 0.180 e. The molecular formula is C76H50Si2. The van der Waals surface area contributed by atoms with Crippen LogP contribution >= 0.6 is 0 Å². The summed E-state index contributed by atoms with van der Waals surface area (Å²) in [5, 5.41) is 21.4. The van der Waals surface area contributed by atoms with E-state index in [9.17, 15) is 0 Å². The molecule has 0 aliphatic carbocycles. The van der Waals surface area contributed by atoms with Crippen LogP contribution in [0.25, 0.3) is 98.7 Å². The van der Waals surface area contributed by atoms with Crippen LogP contribution in [0.3, 0.4) is 0 Å². The van der Waals surface area contributed by atoms with Gasteiger partial charge in [-0.05, 0) is 152 Å². The second kappa shape index (κ2) is 17.6. The van der Waals surface area contributed by atoms with Gasteiger partial charge in [0.15, 0.2) is 16.1 Å². The van der Waals surface area contributed by atoms with E-state index in [1.807, 2.05) is 0 Å². The fourth-order valence-corrected chi connectivity index (χ4v) is 25.0. The maximum atomic E-state index is 2.57. The van der Waals surface area contributed by atoms with Crippen molar-refractivity contribution in [3.63, 3.8) is 0 Å². The van der Waals surface area contributed by atoms with Crippen LogP contribution in [0.1, 0.15) is 0 Å². The van der Waals surface area contributed by atoms with Gasteiger partial charge < -0.3 is 0 Å². The summed E-state index contributed by atoms with van der Waals surface area (Å²) in [6.45, 7) is 0. The number of fused-ring (bicyclic) bond motifs is 11. The van der Waals surface area contributed by atoms with Crippen molar-refractivity contribution >= 4 is 101 Å². The Labute approximate surface area is 456 Å². The Morgan fingerprint density at radius 3 is 0.974 bits per heavy atom. The topological polar surface area (TPSA) is 0 Å². The molecule has 0 bridgehead atoms. The molecular weight excluding hydrogens is 969 g/mol. The molecule has 2 aliphatic heterocycles. The fourth-order valence-electron chi connectivity index (χ4n) is 14.6. The summed E-state index contributed by atoms with van der Waals surface area (Å²) in [7, 11) is -5.54. The van der Waals surface area contributed by atoms with Crippen molar-refractivity contribution in [2.45, 2.75) is 0 Å². The molecule has 2 heterocycles. The number of rotatable bonds is 7. The minimum Gasteiger partial charge on any atom is -0.0623 e. The lowest BCUT2D eigenvalue weighted by Gasteiger charge is -2.31. The molecule has 2 heteroatoms. The van der Waals surface area contributed by atoms with Crippen molar-refractivity contribution in [1.82, 2.24) is 0 Å². The Morgan fingerprint density at radius 1 is 0.167 bits per heavy atom. The molecule has 0 saturated carbocycles. The molecule has 0 unspecified atom stereocenters. The SMILES string of the molecule is c1ccc([Si]2(c3ccccc3)c3ccccc3-c3c(-c4cccc5c(-c6cc7ccccc7c7ccccc67)c6cccc(-c7cccc8c7-c7ccccc7[Si]8(c7ccccc7)c7ccccc7)c6cc45)cccc32)cc1. The number of hydrogen-bond donors (Lipinski definition) is 0. The lowest BCUT2D eigenvalue weighted by molar-refractivity contribution is 1.64. The first-order chi connectivity index (χ1) is 38.7. The highest BCUT2D eigenvalue weighted by molar-refractivity contribution is 7.23. The summed E-state index contributed by atoms with van der Waals surface area (Å²) in [6, 6.07) is 116. The first-order valence-electron chi connectivity index (χ1n) is 27.3. The highest BCUT2D eigenvalue weighted by atomic mass is 28.3. The Morgan fingerprint density at radius 2 is 0.500 bits per heavy atom. The third-order valence-electron chi connectivity index (χ3n) is 17.6. The molecule has 0 spiro atoms. The quantitative estimate of drug-likeness (QED) is 0.0848. The van der Waals surface area contributed by atoms with Crippen LogP contribution in [0.2, 0.25) is 0 Å². The highest BCUT2D eigenvalue weighted by Gasteiger charge is 2.51. The summed E-state index contributed by atoms with van der Waals surface area (Å²) >= 11 is 0. The predicted octanol–water partition coefficient (Wildman–Crippen LogP) is 14.0. The summed E-state index contributed by atoms with van der Waals surface area (Å²) in [5.41, 5.74) is 12.9. The molecule has 0 amide bonds. The zero-order valence-electron chi connectivity index (χ0n) is 42.9. The van der Waals surface area contributed by atoms with Crippen LogP contribution in [0.15, 0.2) is 303 Å². The molecule has 14 aromatic rings. The maximum absolute atomic E-state index is 2.77. The normalized spacial score (nSPS) is 13.6. The van der Waals surface area contributed by atoms with E-state index in [4.69, 9.17) is 0 Å². The van der Waals surface area contributed by atoms with E-state index in [2.05, 4.69) is 303 Å². The monoisotopic (exact) mass is 1020 g/mol. The number of hydrogen-bond acceptors (Lipinski definition) is 0. The molecule has 0 aromatic heterocycles. The van der Waals surface area contributed by atoms with Gasteiger partial charge in [-0.2, -0.15) is 0 Å². The van der Waals surface area contributed by atoms with E-state index in [1.54, 1.807) is 0 Å². The van der Waals surface area contributed by atoms with Crippen LogP contribution < -0.4 is 41.5 Å². The smallest absolute Gasteiger partial charge is 0.0623 e. The summed E-state index contributed by atoms with van der Waals surface area (Å²) < 4.78 is 0. The third kappa shape index (κ3) is 6.21. The first kappa shape index (κ1) is 44.8. The average molecular weight is 1020 g/mol. The van der Waals surface area contributed by atoms with Crippen LogP contribution in [0.4, 0.5) is 0 Å². The van der Waals surface area contributed by atoms with Crippen molar-refractivity contribution in [2.24, 2.45) is 0 Å². The Bertz CT molecular complexity index is 4400. The molecule has 0 nitrogen and oxygen atoms in total. The molecule has 0 radical (unpaired) electrons. The van der Waals surface area contributed by atoms with E-state index < -0.39 is 16.1 Å². The van der Waals surface area contributed by atoms with Gasteiger partial charge in [0.2, 0.25) is 0 Å². The lowest BCUT2D eigenvalue weighted by Crippen LogP contribution is -2.72. The second-order valence-electron chi connectivity index (χ2n) is 21.3. The van der Waals surface area contributed by atoms with Crippen molar-refractivity contribution in [1.29, 1.82) is 0 Å². The predicted molar refractivity (Wildman–Crippen MR) is 338 cm³/mol. The van der Waals surface area contributed by atoms with Gasteiger partial charge >= 0.3 is 0 Å². The molecule has 16 rings (SSSR count). The van der Waals surface area contributed by atoms with Gasteiger partial charge in [0.05, 0.1) is 0 Å². The highest BCUT2D eigenvalue weighted by Crippen LogP contribution is 2.49. The molecule has 362 valence electrons. The van der Waals surface area contributed by atoms with Crippen LogP contribution in [-0.2, 0) is 0 Å². The van der Waals surface area contributed by atoms with Gasteiger partial charge in [-0.15, -0.1) is 0 Å². The molecule has 2 aliphatic rings. The van der Waals surface area contributed by atoms with Crippen LogP contribution in [-0.4, -0.2) is 16.1 Å². The Balaban J connectivity index is 1.04. The molecule has 0 atom stereocenters. The van der Waals surface area contributed by atoms with E-state index in [-0.39, 0.29) is 0 Å². The molecule has 0 N–H and O–H groups in total. The average Bonchev–Trinajstić information content (AvgIpc) is 4.15. The molecule has 0 saturated heterocycles. The van der Waals surface area contributed by atoms with E-state index in [0.29, 0.717) is 0 Å². The van der Waals surface area contributed by atoms with Crippen molar-refractivity contribution < 1.29 is 0 Å². The van der Waals surface area contributed by atoms with Crippen molar-refractivity contribution in [2.75, 3.05) is 0 Å². The summed E-state index contributed by atoms with van der Waals surface area (Å²) in [4.78, 5) is 0. The Hall–Kier alpha value is -9.45. The van der Waals surface area contributed by atoms with Crippen molar-refractivity contribution in [3.8, 4) is 55.6 Å². The van der Waals surface area contributed by atoms with E-state index in [0.717, 1.165) is 0 Å². The molecule has 14 aromatic carbocycles. The van der Waals surface area contributed by atoms with Gasteiger partial charge in [0.25, 0.3) is 0 Å². The minimum atomic E-state index is -2.77. The first-order valence-corrected chi connectivity index (χ1v) is 31.3. The van der Waals surface area contributed by atoms with E-state index >= 15 is 0 Å². The van der Waals surface area contributed by atoms with Gasteiger partial charge in [-0.1, -0.05) is 291 Å². The van der Waals surface area contributed by atoms with Gasteiger partial charge in [0.1, 0.15) is 0 Å². The van der Waals surface area contributed by atoms with Crippen LogP contribution in [0.5, 0.6) is 0 Å². The molecule has 0 fully saturated rings. The largest absolute Gasteiger partial charge is 0.180 e. The van der Waals surface area contributed by atoms with Crippen LogP contribution in [0, 0.1) is 0 Å². The van der Waals surface area contributed by atoms with Gasteiger partial charge in [-0.25, -0.2) is 0 Å². The van der Waals surface area contributed by atoms with E-state index in [1.165, 1.54) is 140 Å². The lowest BCUT2D eigenvalue weighted by atomic mass is 9.82. The third-order valence-corrected chi connectivity index (χ3v) is 27.4. The summed E-state index contributed by atoms with van der Waals surface area (Å²) in [6.07, 6.45) is 0. The summed E-state index contributed by atoms with van der Waals surface area (Å²) in [5.74, 6) is 0. The zero-order valence-corrected chi connectivity index (χ0v) is 44.9. The minimum absolute atomic E-state index is 1.24.